The highest BCUT2D eigenvalue weighted by molar-refractivity contribution is 7.99. The van der Waals surface area contributed by atoms with E-state index in [9.17, 15) is 4.79 Å². The second-order valence-corrected chi connectivity index (χ2v) is 7.31. The van der Waals surface area contributed by atoms with Crippen LogP contribution in [0, 0.1) is 0 Å². The van der Waals surface area contributed by atoms with Crippen molar-refractivity contribution >= 4 is 40.9 Å². The maximum absolute atomic E-state index is 11.9. The van der Waals surface area contributed by atoms with Gasteiger partial charge in [0, 0.05) is 23.7 Å². The Labute approximate surface area is 159 Å². The van der Waals surface area contributed by atoms with Crippen LogP contribution in [0.5, 0.6) is 0 Å². The Hall–Kier alpha value is -1.48. The first kappa shape index (κ1) is 18.3. The van der Waals surface area contributed by atoms with Crippen LogP contribution < -0.4 is 11.2 Å². The topological polar surface area (TPSA) is 95.1 Å². The molecule has 1 fully saturated rings. The highest BCUT2D eigenvalue weighted by Crippen LogP contribution is 2.30. The summed E-state index contributed by atoms with van der Waals surface area (Å²) in [6.07, 6.45) is 2.14. The molecular formula is C15H17Cl2N5O2S. The van der Waals surface area contributed by atoms with Crippen molar-refractivity contribution in [3.8, 4) is 11.4 Å². The minimum atomic E-state index is -0.106. The van der Waals surface area contributed by atoms with Gasteiger partial charge in [-0.05, 0) is 31.0 Å². The van der Waals surface area contributed by atoms with Gasteiger partial charge in [0.25, 0.3) is 0 Å². The Bertz CT molecular complexity index is 764. The van der Waals surface area contributed by atoms with Crippen molar-refractivity contribution in [3.05, 3.63) is 28.2 Å². The van der Waals surface area contributed by atoms with Crippen molar-refractivity contribution in [2.24, 2.45) is 0 Å². The van der Waals surface area contributed by atoms with Crippen LogP contribution in [0.3, 0.4) is 0 Å². The molecule has 1 aliphatic rings. The Balaban J connectivity index is 1.59. The Morgan fingerprint density at radius 1 is 1.44 bits per heavy atom. The third-order valence-electron chi connectivity index (χ3n) is 3.72. The fourth-order valence-corrected chi connectivity index (χ4v) is 3.50. The second-order valence-electron chi connectivity index (χ2n) is 5.53. The van der Waals surface area contributed by atoms with Gasteiger partial charge >= 0.3 is 0 Å². The summed E-state index contributed by atoms with van der Waals surface area (Å²) >= 11 is 13.4. The van der Waals surface area contributed by atoms with Crippen molar-refractivity contribution in [1.82, 2.24) is 20.2 Å². The van der Waals surface area contributed by atoms with Gasteiger partial charge in [-0.25, -0.2) is 4.68 Å². The zero-order valence-corrected chi connectivity index (χ0v) is 15.6. The van der Waals surface area contributed by atoms with Crippen molar-refractivity contribution in [2.45, 2.75) is 24.1 Å². The number of carbonyl (C=O) groups excluding carboxylic acids is 1. The number of ether oxygens (including phenoxy) is 1. The molecule has 1 atom stereocenters. The Morgan fingerprint density at radius 3 is 3.04 bits per heavy atom. The van der Waals surface area contributed by atoms with Gasteiger partial charge in [-0.3, -0.25) is 4.79 Å². The molecule has 2 aromatic rings. The molecule has 1 amide bonds. The predicted molar refractivity (Wildman–Crippen MR) is 98.3 cm³/mol. The van der Waals surface area contributed by atoms with E-state index in [1.807, 2.05) is 0 Å². The molecule has 0 unspecified atom stereocenters. The normalized spacial score (nSPS) is 17.0. The predicted octanol–water partition coefficient (Wildman–Crippen LogP) is 2.35. The molecule has 1 aliphatic heterocycles. The van der Waals surface area contributed by atoms with Gasteiger partial charge in [-0.15, -0.1) is 10.2 Å². The third-order valence-corrected chi connectivity index (χ3v) is 5.22. The molecule has 1 aromatic carbocycles. The number of halogens is 2. The van der Waals surface area contributed by atoms with Gasteiger partial charge in [0.05, 0.1) is 16.9 Å². The zero-order chi connectivity index (χ0) is 17.8. The highest BCUT2D eigenvalue weighted by Gasteiger charge is 2.18. The molecular weight excluding hydrogens is 385 g/mol. The summed E-state index contributed by atoms with van der Waals surface area (Å²) in [6.45, 7) is 1.29. The molecule has 0 radical (unpaired) electrons. The van der Waals surface area contributed by atoms with Gasteiger partial charge in [0.2, 0.25) is 11.1 Å². The molecule has 0 saturated carbocycles. The van der Waals surface area contributed by atoms with Crippen LogP contribution in [0.15, 0.2) is 23.4 Å². The Morgan fingerprint density at radius 2 is 2.28 bits per heavy atom. The van der Waals surface area contributed by atoms with Crippen LogP contribution in [-0.4, -0.2) is 45.8 Å². The van der Waals surface area contributed by atoms with Crippen LogP contribution in [-0.2, 0) is 9.53 Å². The maximum Gasteiger partial charge on any atom is 0.230 e. The third kappa shape index (κ3) is 4.58. The average molecular weight is 402 g/mol. The number of nitrogens with two attached hydrogens (primary N) is 1. The van der Waals surface area contributed by atoms with E-state index in [1.165, 1.54) is 16.4 Å². The number of nitrogens with one attached hydrogen (secondary N) is 1. The van der Waals surface area contributed by atoms with E-state index < -0.39 is 0 Å². The molecule has 10 heteroatoms. The standard InChI is InChI=1S/C15H17Cl2N5O2S/c16-9-3-4-12(17)11(6-9)14-20-21-15(22(14)18)25-8-13(23)19-7-10-2-1-5-24-10/h3-4,6,10H,1-2,5,7-8,18H2,(H,19,23)/t10-/m0/s1. The monoisotopic (exact) mass is 401 g/mol. The first-order chi connectivity index (χ1) is 12.0. The number of nitrogen functional groups attached to an aromatic ring is 1. The Kier molecular flexibility index (Phi) is 6.06. The number of aromatic nitrogens is 3. The lowest BCUT2D eigenvalue weighted by molar-refractivity contribution is -0.119. The molecule has 7 nitrogen and oxygen atoms in total. The number of thioether (sulfide) groups is 1. The van der Waals surface area contributed by atoms with Gasteiger partial charge < -0.3 is 15.9 Å². The van der Waals surface area contributed by atoms with Crippen LogP contribution >= 0.6 is 35.0 Å². The molecule has 25 heavy (non-hydrogen) atoms. The van der Waals surface area contributed by atoms with Crippen molar-refractivity contribution in [3.63, 3.8) is 0 Å². The van der Waals surface area contributed by atoms with Crippen molar-refractivity contribution in [1.29, 1.82) is 0 Å². The molecule has 134 valence electrons. The van der Waals surface area contributed by atoms with Gasteiger partial charge in [0.15, 0.2) is 5.82 Å². The SMILES string of the molecule is Nn1c(SCC(=O)NC[C@@H]2CCCO2)nnc1-c1cc(Cl)ccc1Cl. The first-order valence-electron chi connectivity index (χ1n) is 7.71. The largest absolute Gasteiger partial charge is 0.376 e. The van der Waals surface area contributed by atoms with Gasteiger partial charge in [-0.2, -0.15) is 0 Å². The smallest absolute Gasteiger partial charge is 0.230 e. The maximum atomic E-state index is 11.9. The molecule has 1 aromatic heterocycles. The average Bonchev–Trinajstić information content (AvgIpc) is 3.23. The number of hydrogen-bond acceptors (Lipinski definition) is 6. The molecule has 1 saturated heterocycles. The summed E-state index contributed by atoms with van der Waals surface area (Å²) in [5.41, 5.74) is 0.582. The molecule has 3 N–H and O–H groups in total. The van der Waals surface area contributed by atoms with E-state index in [-0.39, 0.29) is 17.8 Å². The molecule has 0 bridgehead atoms. The number of carbonyl (C=O) groups is 1. The van der Waals surface area contributed by atoms with Gasteiger partial charge in [-0.1, -0.05) is 35.0 Å². The minimum Gasteiger partial charge on any atom is -0.376 e. The summed E-state index contributed by atoms with van der Waals surface area (Å²) in [6, 6.07) is 5.01. The van der Waals surface area contributed by atoms with Gasteiger partial charge in [0.1, 0.15) is 0 Å². The summed E-state index contributed by atoms with van der Waals surface area (Å²) in [4.78, 5) is 11.9. The molecule has 0 spiro atoms. The van der Waals surface area contributed by atoms with E-state index in [0.717, 1.165) is 19.4 Å². The van der Waals surface area contributed by atoms with Crippen LogP contribution in [0.25, 0.3) is 11.4 Å². The lowest BCUT2D eigenvalue weighted by Gasteiger charge is -2.10. The lowest BCUT2D eigenvalue weighted by atomic mass is 10.2. The number of rotatable bonds is 6. The number of amides is 1. The van der Waals surface area contributed by atoms with Crippen LogP contribution in [0.4, 0.5) is 0 Å². The minimum absolute atomic E-state index is 0.106. The number of benzene rings is 1. The number of nitrogens with zero attached hydrogens (tertiary/aromatic N) is 3. The molecule has 2 heterocycles. The van der Waals surface area contributed by atoms with Crippen molar-refractivity contribution < 1.29 is 9.53 Å². The van der Waals surface area contributed by atoms with Crippen LogP contribution in [0.2, 0.25) is 10.0 Å². The summed E-state index contributed by atoms with van der Waals surface area (Å²) < 4.78 is 6.77. The van der Waals surface area contributed by atoms with E-state index in [1.54, 1.807) is 18.2 Å². The lowest BCUT2D eigenvalue weighted by Crippen LogP contribution is -2.33. The first-order valence-corrected chi connectivity index (χ1v) is 9.46. The van der Waals surface area contributed by atoms with E-state index in [2.05, 4.69) is 15.5 Å². The van der Waals surface area contributed by atoms with E-state index in [4.69, 9.17) is 33.8 Å². The molecule has 0 aliphatic carbocycles. The number of hydrogen-bond donors (Lipinski definition) is 2. The fourth-order valence-electron chi connectivity index (χ4n) is 2.44. The second kappa shape index (κ2) is 8.27. The van der Waals surface area contributed by atoms with E-state index >= 15 is 0 Å². The quantitative estimate of drug-likeness (QED) is 0.569. The van der Waals surface area contributed by atoms with Crippen molar-refractivity contribution in [2.75, 3.05) is 24.7 Å². The fraction of sp³-hybridized carbons (Fsp3) is 0.400. The summed E-state index contributed by atoms with van der Waals surface area (Å²) in [5.74, 6) is 6.50. The summed E-state index contributed by atoms with van der Waals surface area (Å²) in [5, 5.41) is 12.3. The van der Waals surface area contributed by atoms with E-state index in [0.29, 0.717) is 33.1 Å². The summed E-state index contributed by atoms with van der Waals surface area (Å²) in [7, 11) is 0. The molecule has 3 rings (SSSR count). The zero-order valence-electron chi connectivity index (χ0n) is 13.2. The highest BCUT2D eigenvalue weighted by atomic mass is 35.5. The van der Waals surface area contributed by atoms with Crippen LogP contribution in [0.1, 0.15) is 12.8 Å².